The van der Waals surface area contributed by atoms with Crippen LogP contribution in [0.2, 0.25) is 0 Å². The summed E-state index contributed by atoms with van der Waals surface area (Å²) >= 11 is 0. The number of carbonyl (C=O) groups is 1. The fraction of sp³-hybridized carbons (Fsp3) is 0.200. The summed E-state index contributed by atoms with van der Waals surface area (Å²) in [5.41, 5.74) is 6.01. The second-order valence-electron chi connectivity index (χ2n) is 1.34. The fourth-order valence-corrected chi connectivity index (χ4v) is 0.311. The van der Waals surface area contributed by atoms with Gasteiger partial charge in [-0.15, -0.1) is 6.58 Å². The number of hydrogen-bond donors (Lipinski definition) is 1. The van der Waals surface area contributed by atoms with Gasteiger partial charge in [-0.25, -0.2) is 0 Å². The molecular formula is C5H6N2O2. The first-order valence-electron chi connectivity index (χ1n) is 2.28. The van der Waals surface area contributed by atoms with E-state index in [9.17, 15) is 9.90 Å². The molecule has 9 heavy (non-hydrogen) atoms. The van der Waals surface area contributed by atoms with E-state index in [2.05, 4.69) is 11.4 Å². The van der Waals surface area contributed by atoms with Gasteiger partial charge in [0.2, 0.25) is 0 Å². The molecule has 4 heteroatoms. The summed E-state index contributed by atoms with van der Waals surface area (Å²) in [5, 5.41) is 9.91. The van der Waals surface area contributed by atoms with E-state index in [0.717, 1.165) is 0 Å². The van der Waals surface area contributed by atoms with E-state index in [-0.39, 0.29) is 12.1 Å². The maximum Gasteiger partial charge on any atom is 0.367 e. The minimum Gasteiger partial charge on any atom is -0.539 e. The molecule has 0 unspecified atom stereocenters. The van der Waals surface area contributed by atoms with Crippen molar-refractivity contribution in [3.63, 3.8) is 0 Å². The Kier molecular flexibility index (Phi) is 3.01. The van der Waals surface area contributed by atoms with Crippen molar-refractivity contribution in [2.45, 2.75) is 6.42 Å². The number of carbonyl (C=O) groups excluding carboxylic acids is 1. The molecule has 0 heterocycles. The van der Waals surface area contributed by atoms with Crippen molar-refractivity contribution in [3.8, 4) is 0 Å². The highest BCUT2D eigenvalue weighted by molar-refractivity contribution is 6.32. The summed E-state index contributed by atoms with van der Waals surface area (Å²) in [5.74, 6) is -1.41. The maximum absolute atomic E-state index is 9.91. The number of aliphatic carboxylic acids is 1. The van der Waals surface area contributed by atoms with E-state index in [1.807, 2.05) is 0 Å². The van der Waals surface area contributed by atoms with Gasteiger partial charge >= 0.3 is 5.71 Å². The summed E-state index contributed by atoms with van der Waals surface area (Å²) in [6.45, 7) is 3.28. The third kappa shape index (κ3) is 2.41. The standard InChI is InChI=1S/C5H6N2O2/c1-2-3-4(7-6)5(8)9/h2,6H,1,3H2. The highest BCUT2D eigenvalue weighted by Gasteiger charge is 2.08. The van der Waals surface area contributed by atoms with Crippen molar-refractivity contribution in [1.82, 2.24) is 0 Å². The molecule has 0 saturated heterocycles. The molecule has 0 radical (unpaired) electrons. The lowest BCUT2D eigenvalue weighted by atomic mass is 10.3. The van der Waals surface area contributed by atoms with Crippen LogP contribution < -0.4 is 5.11 Å². The lowest BCUT2D eigenvalue weighted by Gasteiger charge is -1.86. The van der Waals surface area contributed by atoms with Crippen molar-refractivity contribution >= 4 is 11.7 Å². The van der Waals surface area contributed by atoms with Gasteiger partial charge < -0.3 is 9.90 Å². The van der Waals surface area contributed by atoms with Gasteiger partial charge in [0, 0.05) is 0 Å². The molecule has 0 aromatic rings. The molecule has 0 aliphatic carbocycles. The van der Waals surface area contributed by atoms with E-state index < -0.39 is 5.97 Å². The van der Waals surface area contributed by atoms with Crippen LogP contribution in [0, 0.1) is 5.53 Å². The van der Waals surface area contributed by atoms with Crippen LogP contribution in [0.15, 0.2) is 12.7 Å². The molecule has 0 spiro atoms. The van der Waals surface area contributed by atoms with Crippen molar-refractivity contribution in [1.29, 1.82) is 5.53 Å². The van der Waals surface area contributed by atoms with Gasteiger partial charge in [-0.1, -0.05) is 6.08 Å². The largest absolute Gasteiger partial charge is 0.539 e. The third-order valence-electron chi connectivity index (χ3n) is 0.708. The number of nitrogens with one attached hydrogen (secondary N) is 1. The normalized spacial score (nSPS) is 7.56. The molecule has 0 aromatic carbocycles. The molecule has 0 aliphatic rings. The molecule has 4 nitrogen and oxygen atoms in total. The molecule has 0 fully saturated rings. The van der Waals surface area contributed by atoms with E-state index >= 15 is 0 Å². The van der Waals surface area contributed by atoms with Gasteiger partial charge in [0.05, 0.1) is 16.7 Å². The van der Waals surface area contributed by atoms with Gasteiger partial charge in [-0.2, -0.15) is 0 Å². The predicted octanol–water partition coefficient (Wildman–Crippen LogP) is -1.01. The minimum absolute atomic E-state index is 0.0752. The topological polar surface area (TPSA) is 78.1 Å². The zero-order valence-corrected chi connectivity index (χ0v) is 4.76. The number of hydrogen-bond acceptors (Lipinski definition) is 3. The van der Waals surface area contributed by atoms with Gasteiger partial charge in [0.1, 0.15) is 0 Å². The first kappa shape index (κ1) is 7.59. The van der Waals surface area contributed by atoms with E-state index in [1.165, 1.54) is 6.08 Å². The van der Waals surface area contributed by atoms with Crippen molar-refractivity contribution in [3.05, 3.63) is 12.7 Å². The Morgan fingerprint density at radius 2 is 2.44 bits per heavy atom. The Bertz CT molecular complexity index is 179. The molecule has 0 atom stereocenters. The smallest absolute Gasteiger partial charge is 0.367 e. The van der Waals surface area contributed by atoms with Crippen LogP contribution in [0.5, 0.6) is 0 Å². The average molecular weight is 126 g/mol. The van der Waals surface area contributed by atoms with Crippen LogP contribution in [0.4, 0.5) is 0 Å². The molecule has 1 N–H and O–H groups in total. The van der Waals surface area contributed by atoms with Crippen molar-refractivity contribution < 1.29 is 14.7 Å². The Morgan fingerprint density at radius 3 is 2.56 bits per heavy atom. The molecule has 0 aromatic heterocycles. The lowest BCUT2D eigenvalue weighted by molar-refractivity contribution is -0.299. The maximum atomic E-state index is 9.91. The van der Waals surface area contributed by atoms with Crippen LogP contribution in [0.3, 0.4) is 0 Å². The first-order chi connectivity index (χ1) is 4.22. The first-order valence-corrected chi connectivity index (χ1v) is 2.28. The van der Waals surface area contributed by atoms with Crippen LogP contribution in [-0.2, 0) is 4.79 Å². The number of allylic oxidation sites excluding steroid dienone is 1. The number of rotatable bonds is 3. The fourth-order valence-electron chi connectivity index (χ4n) is 0.311. The lowest BCUT2D eigenvalue weighted by Crippen LogP contribution is -2.31. The van der Waals surface area contributed by atoms with E-state index in [1.54, 1.807) is 0 Å². The molecule has 0 aliphatic heterocycles. The van der Waals surface area contributed by atoms with Crippen molar-refractivity contribution in [2.24, 2.45) is 0 Å². The highest BCUT2D eigenvalue weighted by Crippen LogP contribution is 1.79. The summed E-state index contributed by atoms with van der Waals surface area (Å²) in [7, 11) is 0. The average Bonchev–Trinajstić information content (AvgIpc) is 1.82. The van der Waals surface area contributed by atoms with Gasteiger partial charge in [0.15, 0.2) is 5.97 Å². The quantitative estimate of drug-likeness (QED) is 0.227. The highest BCUT2D eigenvalue weighted by atomic mass is 16.4. The van der Waals surface area contributed by atoms with E-state index in [0.29, 0.717) is 0 Å². The number of nitrogens with zero attached hydrogens (tertiary/aromatic N) is 1. The zero-order valence-electron chi connectivity index (χ0n) is 4.76. The summed E-state index contributed by atoms with van der Waals surface area (Å²) in [6, 6.07) is 0. The number of carboxylic acids is 1. The molecule has 0 amide bonds. The second kappa shape index (κ2) is 3.57. The van der Waals surface area contributed by atoms with Gasteiger partial charge in [-0.05, 0) is 0 Å². The summed E-state index contributed by atoms with van der Waals surface area (Å²) in [4.78, 5) is 12.6. The Hall–Kier alpha value is -1.41. The van der Waals surface area contributed by atoms with Crippen LogP contribution in [0.1, 0.15) is 6.42 Å². The van der Waals surface area contributed by atoms with Crippen molar-refractivity contribution in [2.75, 3.05) is 0 Å². The predicted molar refractivity (Wildman–Crippen MR) is 27.8 cm³/mol. The Labute approximate surface area is 52.0 Å². The number of carboxylic acid groups (broad SMARTS) is 1. The summed E-state index contributed by atoms with van der Waals surface area (Å²) < 4.78 is 0. The molecule has 0 bridgehead atoms. The minimum atomic E-state index is -1.41. The monoisotopic (exact) mass is 126 g/mol. The third-order valence-corrected chi connectivity index (χ3v) is 0.708. The van der Waals surface area contributed by atoms with Gasteiger partial charge in [-0.3, -0.25) is 0 Å². The van der Waals surface area contributed by atoms with Crippen LogP contribution >= 0.6 is 0 Å². The summed E-state index contributed by atoms with van der Waals surface area (Å²) in [6.07, 6.45) is 1.43. The van der Waals surface area contributed by atoms with Crippen LogP contribution in [-0.4, -0.2) is 16.5 Å². The zero-order chi connectivity index (χ0) is 7.28. The molecular weight excluding hydrogens is 120 g/mol. The van der Waals surface area contributed by atoms with Crippen LogP contribution in [0.25, 0.3) is 0 Å². The molecule has 0 rings (SSSR count). The SMILES string of the molecule is C=CCC(=[N+]=N)C(=O)[O-]. The second-order valence-corrected chi connectivity index (χ2v) is 1.34. The van der Waals surface area contributed by atoms with E-state index in [4.69, 9.17) is 5.53 Å². The Balaban J connectivity index is 4.18. The Morgan fingerprint density at radius 1 is 1.89 bits per heavy atom. The molecule has 48 valence electrons. The molecule has 0 saturated carbocycles. The van der Waals surface area contributed by atoms with Gasteiger partial charge in [0.25, 0.3) is 0 Å².